The average molecular weight is 480 g/mol. The van der Waals surface area contributed by atoms with E-state index in [1.165, 1.54) is 22.6 Å². The molecule has 0 spiro atoms. The predicted octanol–water partition coefficient (Wildman–Crippen LogP) is 3.38. The molecule has 1 aliphatic heterocycles. The van der Waals surface area contributed by atoms with Crippen molar-refractivity contribution in [3.63, 3.8) is 0 Å². The first-order chi connectivity index (χ1) is 14.1. The highest BCUT2D eigenvalue weighted by Gasteiger charge is 2.38. The van der Waals surface area contributed by atoms with Gasteiger partial charge in [-0.2, -0.15) is 22.5 Å². The summed E-state index contributed by atoms with van der Waals surface area (Å²) in [6.07, 6.45) is -3.37. The van der Waals surface area contributed by atoms with Gasteiger partial charge in [0.2, 0.25) is 5.82 Å². The molecule has 4 heterocycles. The Morgan fingerprint density at radius 2 is 1.83 bits per heavy atom. The number of alkyl halides is 3. The fourth-order valence-electron chi connectivity index (χ4n) is 2.88. The lowest BCUT2D eigenvalue weighted by molar-refractivity contribution is -0.159. The standard InChI is InChI=1S/C16H13ClF3N5O3S2/c17-11-2-4-13(29-11)30(26,27)25-7-5-24(6-8-25)12-3-1-10(9-21-12)14-22-15(28-23-14)16(18,19)20/h1-4,9H,5-8H2. The van der Waals surface area contributed by atoms with Crippen LogP contribution < -0.4 is 4.90 Å². The zero-order valence-electron chi connectivity index (χ0n) is 15.0. The van der Waals surface area contributed by atoms with Crippen LogP contribution in [0.4, 0.5) is 19.0 Å². The van der Waals surface area contributed by atoms with E-state index in [1.807, 2.05) is 4.90 Å². The van der Waals surface area contributed by atoms with E-state index in [2.05, 4.69) is 19.6 Å². The highest BCUT2D eigenvalue weighted by molar-refractivity contribution is 7.91. The quantitative estimate of drug-likeness (QED) is 0.566. The zero-order chi connectivity index (χ0) is 21.5. The molecule has 160 valence electrons. The molecule has 0 bridgehead atoms. The Hall–Kier alpha value is -2.22. The molecule has 3 aromatic heterocycles. The first-order valence-corrected chi connectivity index (χ1v) is 11.2. The number of nitrogens with zero attached hydrogens (tertiary/aromatic N) is 5. The monoisotopic (exact) mass is 479 g/mol. The molecule has 0 radical (unpaired) electrons. The third kappa shape index (κ3) is 4.15. The summed E-state index contributed by atoms with van der Waals surface area (Å²) < 4.78 is 69.3. The molecule has 0 saturated carbocycles. The van der Waals surface area contributed by atoms with Crippen LogP contribution in [0.5, 0.6) is 0 Å². The van der Waals surface area contributed by atoms with Crippen molar-refractivity contribution >= 4 is 38.8 Å². The third-order valence-electron chi connectivity index (χ3n) is 4.38. The predicted molar refractivity (Wildman–Crippen MR) is 103 cm³/mol. The van der Waals surface area contributed by atoms with Gasteiger partial charge in [0, 0.05) is 37.9 Å². The van der Waals surface area contributed by atoms with Crippen LogP contribution in [0.1, 0.15) is 5.89 Å². The number of hydrogen-bond acceptors (Lipinski definition) is 8. The number of sulfonamides is 1. The minimum Gasteiger partial charge on any atom is -0.354 e. The maximum atomic E-state index is 12.7. The number of piperazine rings is 1. The lowest BCUT2D eigenvalue weighted by atomic mass is 10.2. The van der Waals surface area contributed by atoms with Gasteiger partial charge in [-0.25, -0.2) is 13.4 Å². The Bertz CT molecular complexity index is 1140. The van der Waals surface area contributed by atoms with Gasteiger partial charge in [0.25, 0.3) is 10.0 Å². The van der Waals surface area contributed by atoms with Crippen molar-refractivity contribution in [3.8, 4) is 11.4 Å². The normalized spacial score (nSPS) is 16.2. The molecule has 0 amide bonds. The summed E-state index contributed by atoms with van der Waals surface area (Å²) in [5.41, 5.74) is 0.272. The summed E-state index contributed by atoms with van der Waals surface area (Å²) in [5.74, 6) is -1.08. The first-order valence-electron chi connectivity index (χ1n) is 8.52. The first kappa shape index (κ1) is 21.0. The van der Waals surface area contributed by atoms with Gasteiger partial charge in [0.15, 0.2) is 0 Å². The van der Waals surface area contributed by atoms with Crippen molar-refractivity contribution in [2.45, 2.75) is 10.4 Å². The Morgan fingerprint density at radius 3 is 2.37 bits per heavy atom. The Kier molecular flexibility index (Phi) is 5.46. The van der Waals surface area contributed by atoms with E-state index < -0.39 is 22.1 Å². The fraction of sp³-hybridized carbons (Fsp3) is 0.312. The van der Waals surface area contributed by atoms with Crippen molar-refractivity contribution in [1.82, 2.24) is 19.4 Å². The Labute approximate surface area is 177 Å². The van der Waals surface area contributed by atoms with Crippen molar-refractivity contribution in [1.29, 1.82) is 0 Å². The molecular formula is C16H13ClF3N5O3S2. The second-order valence-electron chi connectivity index (χ2n) is 6.28. The highest BCUT2D eigenvalue weighted by Crippen LogP contribution is 2.30. The molecule has 1 fully saturated rings. The number of pyridine rings is 1. The third-order valence-corrected chi connectivity index (χ3v) is 7.98. The summed E-state index contributed by atoms with van der Waals surface area (Å²) in [7, 11) is -3.60. The highest BCUT2D eigenvalue weighted by atomic mass is 35.5. The molecule has 30 heavy (non-hydrogen) atoms. The van der Waals surface area contributed by atoms with Gasteiger partial charge in [-0.1, -0.05) is 16.8 Å². The molecule has 0 aromatic carbocycles. The van der Waals surface area contributed by atoms with E-state index in [0.29, 0.717) is 23.2 Å². The fourth-order valence-corrected chi connectivity index (χ4v) is 5.94. The van der Waals surface area contributed by atoms with Crippen molar-refractivity contribution < 1.29 is 26.1 Å². The lowest BCUT2D eigenvalue weighted by Crippen LogP contribution is -2.48. The van der Waals surface area contributed by atoms with Crippen LogP contribution in [0.3, 0.4) is 0 Å². The molecule has 0 atom stereocenters. The maximum absolute atomic E-state index is 12.7. The minimum atomic E-state index is -4.72. The topological polar surface area (TPSA) is 92.4 Å². The minimum absolute atomic E-state index is 0.196. The van der Waals surface area contributed by atoms with Crippen LogP contribution in [0.15, 0.2) is 39.2 Å². The molecule has 1 aliphatic rings. The van der Waals surface area contributed by atoms with Gasteiger partial charge in [-0.05, 0) is 24.3 Å². The molecule has 4 rings (SSSR count). The smallest absolute Gasteiger partial charge is 0.354 e. The average Bonchev–Trinajstić information content (AvgIpc) is 3.38. The molecule has 0 aliphatic carbocycles. The van der Waals surface area contributed by atoms with Crippen molar-refractivity contribution in [3.05, 3.63) is 40.7 Å². The van der Waals surface area contributed by atoms with Crippen LogP contribution in [0.25, 0.3) is 11.4 Å². The summed E-state index contributed by atoms with van der Waals surface area (Å²) in [4.78, 5) is 9.45. The number of thiophene rings is 1. The number of anilines is 1. The van der Waals surface area contributed by atoms with E-state index in [9.17, 15) is 21.6 Å². The van der Waals surface area contributed by atoms with Gasteiger partial charge in [-0.3, -0.25) is 0 Å². The van der Waals surface area contributed by atoms with E-state index in [4.69, 9.17) is 11.6 Å². The Balaban J connectivity index is 1.42. The maximum Gasteiger partial charge on any atom is 0.471 e. The lowest BCUT2D eigenvalue weighted by Gasteiger charge is -2.34. The number of halogens is 4. The molecule has 8 nitrogen and oxygen atoms in total. The van der Waals surface area contributed by atoms with Crippen LogP contribution >= 0.6 is 22.9 Å². The van der Waals surface area contributed by atoms with Gasteiger partial charge >= 0.3 is 12.1 Å². The zero-order valence-corrected chi connectivity index (χ0v) is 17.4. The molecule has 1 saturated heterocycles. The van der Waals surface area contributed by atoms with Gasteiger partial charge in [0.1, 0.15) is 10.0 Å². The molecule has 14 heteroatoms. The van der Waals surface area contributed by atoms with E-state index in [1.54, 1.807) is 12.1 Å². The summed E-state index contributed by atoms with van der Waals surface area (Å²) in [6.45, 7) is 1.35. The van der Waals surface area contributed by atoms with Crippen LogP contribution in [0.2, 0.25) is 4.34 Å². The molecule has 0 unspecified atom stereocenters. The molecule has 3 aromatic rings. The van der Waals surface area contributed by atoms with Gasteiger partial charge < -0.3 is 9.42 Å². The summed E-state index contributed by atoms with van der Waals surface area (Å²) in [6, 6.07) is 6.17. The second-order valence-corrected chi connectivity index (χ2v) is 10.2. The summed E-state index contributed by atoms with van der Waals surface area (Å²) >= 11 is 6.85. The summed E-state index contributed by atoms with van der Waals surface area (Å²) in [5, 5.41) is 3.32. The van der Waals surface area contributed by atoms with Gasteiger partial charge in [-0.15, -0.1) is 11.3 Å². The van der Waals surface area contributed by atoms with Crippen molar-refractivity contribution in [2.24, 2.45) is 0 Å². The van der Waals surface area contributed by atoms with Crippen molar-refractivity contribution in [2.75, 3.05) is 31.1 Å². The number of rotatable bonds is 4. The Morgan fingerprint density at radius 1 is 1.10 bits per heavy atom. The largest absolute Gasteiger partial charge is 0.471 e. The van der Waals surface area contributed by atoms with E-state index in [-0.39, 0.29) is 28.7 Å². The van der Waals surface area contributed by atoms with Gasteiger partial charge in [0.05, 0.1) is 4.34 Å². The molecule has 0 N–H and O–H groups in total. The van der Waals surface area contributed by atoms with Crippen LogP contribution in [0, 0.1) is 0 Å². The molecular weight excluding hydrogens is 467 g/mol. The number of hydrogen-bond donors (Lipinski definition) is 0. The van der Waals surface area contributed by atoms with E-state index in [0.717, 1.165) is 11.3 Å². The van der Waals surface area contributed by atoms with Crippen LogP contribution in [-0.4, -0.2) is 54.0 Å². The number of aromatic nitrogens is 3. The van der Waals surface area contributed by atoms with Crippen LogP contribution in [-0.2, 0) is 16.2 Å². The van der Waals surface area contributed by atoms with E-state index >= 15 is 0 Å². The second kappa shape index (κ2) is 7.80. The SMILES string of the molecule is O=S(=O)(c1ccc(Cl)s1)N1CCN(c2ccc(-c3noc(C(F)(F)F)n3)cn2)CC1.